The van der Waals surface area contributed by atoms with Crippen LogP contribution in [0, 0.1) is 0 Å². The molecule has 0 aromatic heterocycles. The van der Waals surface area contributed by atoms with Gasteiger partial charge in [-0.1, -0.05) is 232 Å². The third-order valence-electron chi connectivity index (χ3n) is 11.5. The Balaban J connectivity index is 4.15. The van der Waals surface area contributed by atoms with Gasteiger partial charge in [0.05, 0.1) is 0 Å². The normalized spacial score (nSPS) is 13.0. The zero-order chi connectivity index (χ0) is 50.0. The third-order valence-corrected chi connectivity index (χ3v) is 11.5. The highest BCUT2D eigenvalue weighted by Crippen LogP contribution is 2.14. The van der Waals surface area contributed by atoms with Gasteiger partial charge in [-0.25, -0.2) is 0 Å². The molecule has 0 rings (SSSR count). The van der Waals surface area contributed by atoms with Crippen LogP contribution in [-0.4, -0.2) is 37.2 Å². The molecule has 0 fully saturated rings. The molecule has 1 unspecified atom stereocenters. The molecule has 6 heteroatoms. The minimum absolute atomic E-state index is 0.0930. The second kappa shape index (κ2) is 56.4. The Morgan fingerprint density at radius 2 is 0.565 bits per heavy atom. The van der Waals surface area contributed by atoms with Crippen LogP contribution in [0.2, 0.25) is 0 Å². The fourth-order valence-corrected chi connectivity index (χ4v) is 7.32. The minimum Gasteiger partial charge on any atom is -0.462 e. The largest absolute Gasteiger partial charge is 0.462 e. The number of allylic oxidation sites excluding steroid dienone is 20. The van der Waals surface area contributed by atoms with Crippen LogP contribution in [0.25, 0.3) is 0 Å². The lowest BCUT2D eigenvalue weighted by Gasteiger charge is -2.18. The molecule has 69 heavy (non-hydrogen) atoms. The maximum Gasteiger partial charge on any atom is 0.306 e. The van der Waals surface area contributed by atoms with E-state index in [0.29, 0.717) is 12.8 Å². The predicted molar refractivity (Wildman–Crippen MR) is 297 cm³/mol. The first-order chi connectivity index (χ1) is 34.0. The Morgan fingerprint density at radius 1 is 0.304 bits per heavy atom. The molecule has 0 heterocycles. The van der Waals surface area contributed by atoms with Gasteiger partial charge >= 0.3 is 17.9 Å². The lowest BCUT2D eigenvalue weighted by molar-refractivity contribution is -0.167. The van der Waals surface area contributed by atoms with Gasteiger partial charge < -0.3 is 14.2 Å². The van der Waals surface area contributed by atoms with Crippen LogP contribution >= 0.6 is 0 Å². The lowest BCUT2D eigenvalue weighted by atomic mass is 10.1. The highest BCUT2D eigenvalue weighted by molar-refractivity contribution is 5.71. The van der Waals surface area contributed by atoms with Gasteiger partial charge in [0.2, 0.25) is 0 Å². The SMILES string of the molecule is CC/C=C\C/C=C\C/C=C\C/C=C\C/C=C\C/C=C\C/C=C\CCCCCCCCCCCC(=O)OCC(COC(=O)CCCCCCCCC)OC(=O)CCCCC/C=C\C/C=C\C/C=C\CC. The van der Waals surface area contributed by atoms with Gasteiger partial charge in [-0.15, -0.1) is 0 Å². The van der Waals surface area contributed by atoms with E-state index >= 15 is 0 Å². The molecule has 0 aliphatic heterocycles. The van der Waals surface area contributed by atoms with Crippen LogP contribution in [0.15, 0.2) is 122 Å². The molecule has 0 saturated heterocycles. The molecule has 0 bridgehead atoms. The Morgan fingerprint density at radius 3 is 0.899 bits per heavy atom. The fourth-order valence-electron chi connectivity index (χ4n) is 7.32. The first-order valence-corrected chi connectivity index (χ1v) is 28.0. The Bertz CT molecular complexity index is 1470. The molecule has 0 spiro atoms. The lowest BCUT2D eigenvalue weighted by Crippen LogP contribution is -2.30. The summed E-state index contributed by atoms with van der Waals surface area (Å²) in [5, 5.41) is 0. The smallest absolute Gasteiger partial charge is 0.306 e. The van der Waals surface area contributed by atoms with E-state index in [0.717, 1.165) is 135 Å². The van der Waals surface area contributed by atoms with Gasteiger partial charge in [0.1, 0.15) is 13.2 Å². The summed E-state index contributed by atoms with van der Waals surface area (Å²) in [5.74, 6) is -0.941. The summed E-state index contributed by atoms with van der Waals surface area (Å²) in [4.78, 5) is 37.8. The van der Waals surface area contributed by atoms with Crippen molar-refractivity contribution in [1.82, 2.24) is 0 Å². The van der Waals surface area contributed by atoms with E-state index in [1.807, 2.05) is 0 Å². The number of hydrogen-bond acceptors (Lipinski definition) is 6. The van der Waals surface area contributed by atoms with Crippen LogP contribution in [-0.2, 0) is 28.6 Å². The van der Waals surface area contributed by atoms with E-state index in [9.17, 15) is 14.4 Å². The second-order valence-corrected chi connectivity index (χ2v) is 18.1. The molecule has 0 aliphatic carbocycles. The summed E-state index contributed by atoms with van der Waals surface area (Å²) in [5.41, 5.74) is 0. The van der Waals surface area contributed by atoms with E-state index in [2.05, 4.69) is 142 Å². The first-order valence-electron chi connectivity index (χ1n) is 28.0. The quantitative estimate of drug-likeness (QED) is 0.0262. The standard InChI is InChI=1S/C63H102O6/c1-4-7-10-13-16-18-20-22-23-24-25-26-27-28-29-30-31-32-33-34-35-36-37-38-39-41-42-44-47-50-53-56-62(65)68-59-60(58-67-61(64)55-52-49-46-15-12-9-6-3)69-63(66)57-54-51-48-45-43-40-21-19-17-14-11-8-5-2/h7-8,10-11,16-19,22-23,25-26,28-29,31-32,34-35,40,43,60H,4-6,9,12-15,20-21,24,27,30,33,36-39,41-42,44-59H2,1-3H3/b10-7-,11-8-,18-16-,19-17-,23-22-,26-25-,29-28-,32-31-,35-34-,43-40-. The summed E-state index contributed by atoms with van der Waals surface area (Å²) in [6.07, 6.45) is 77.9. The molecule has 1 atom stereocenters. The number of hydrogen-bond donors (Lipinski definition) is 0. The molecule has 390 valence electrons. The number of esters is 3. The Kier molecular flexibility index (Phi) is 53.0. The first kappa shape index (κ1) is 64.8. The van der Waals surface area contributed by atoms with E-state index in [1.54, 1.807) is 0 Å². The van der Waals surface area contributed by atoms with Crippen molar-refractivity contribution in [3.05, 3.63) is 122 Å². The average molecular weight is 956 g/mol. The van der Waals surface area contributed by atoms with Gasteiger partial charge in [-0.05, 0) is 109 Å². The molecular weight excluding hydrogens is 853 g/mol. The number of rotatable bonds is 49. The maximum absolute atomic E-state index is 12.7. The topological polar surface area (TPSA) is 78.9 Å². The summed E-state index contributed by atoms with van der Waals surface area (Å²) < 4.78 is 16.7. The zero-order valence-electron chi connectivity index (χ0n) is 44.5. The van der Waals surface area contributed by atoms with Crippen molar-refractivity contribution in [1.29, 1.82) is 0 Å². The predicted octanol–water partition coefficient (Wildman–Crippen LogP) is 18.9. The van der Waals surface area contributed by atoms with Crippen molar-refractivity contribution >= 4 is 17.9 Å². The van der Waals surface area contributed by atoms with E-state index in [-0.39, 0.29) is 37.5 Å². The van der Waals surface area contributed by atoms with Gasteiger partial charge in [0.15, 0.2) is 6.10 Å². The van der Waals surface area contributed by atoms with Crippen molar-refractivity contribution in [3.63, 3.8) is 0 Å². The van der Waals surface area contributed by atoms with Crippen LogP contribution in [0.4, 0.5) is 0 Å². The molecule has 0 saturated carbocycles. The highest BCUT2D eigenvalue weighted by Gasteiger charge is 2.19. The zero-order valence-corrected chi connectivity index (χ0v) is 44.5. The van der Waals surface area contributed by atoms with E-state index in [1.165, 1.54) is 64.2 Å². The maximum atomic E-state index is 12.7. The van der Waals surface area contributed by atoms with Crippen LogP contribution in [0.5, 0.6) is 0 Å². The summed E-state index contributed by atoms with van der Waals surface area (Å²) in [6.45, 7) is 6.32. The van der Waals surface area contributed by atoms with Crippen molar-refractivity contribution in [2.45, 2.75) is 245 Å². The number of ether oxygens (including phenoxy) is 3. The van der Waals surface area contributed by atoms with E-state index in [4.69, 9.17) is 14.2 Å². The molecule has 0 amide bonds. The number of carbonyl (C=O) groups excluding carboxylic acids is 3. The van der Waals surface area contributed by atoms with Crippen LogP contribution in [0.3, 0.4) is 0 Å². The fraction of sp³-hybridized carbons (Fsp3) is 0.635. The summed E-state index contributed by atoms with van der Waals surface area (Å²) in [7, 11) is 0. The van der Waals surface area contributed by atoms with Gasteiger partial charge in [0, 0.05) is 19.3 Å². The Hall–Kier alpha value is -4.19. The molecule has 0 aliphatic rings. The average Bonchev–Trinajstić information content (AvgIpc) is 3.35. The highest BCUT2D eigenvalue weighted by atomic mass is 16.6. The van der Waals surface area contributed by atoms with E-state index < -0.39 is 6.10 Å². The summed E-state index contributed by atoms with van der Waals surface area (Å²) >= 11 is 0. The van der Waals surface area contributed by atoms with Gasteiger partial charge in [-0.3, -0.25) is 14.4 Å². The molecular formula is C63H102O6. The number of carbonyl (C=O) groups is 3. The summed E-state index contributed by atoms with van der Waals surface area (Å²) in [6, 6.07) is 0. The minimum atomic E-state index is -0.794. The molecule has 0 aromatic carbocycles. The Labute approximate surface area is 424 Å². The van der Waals surface area contributed by atoms with Crippen molar-refractivity contribution < 1.29 is 28.6 Å². The van der Waals surface area contributed by atoms with Crippen molar-refractivity contribution in [2.24, 2.45) is 0 Å². The van der Waals surface area contributed by atoms with Gasteiger partial charge in [-0.2, -0.15) is 0 Å². The third kappa shape index (κ3) is 54.6. The van der Waals surface area contributed by atoms with Gasteiger partial charge in [0.25, 0.3) is 0 Å². The molecule has 6 nitrogen and oxygen atoms in total. The number of unbranched alkanes of at least 4 members (excludes halogenated alkanes) is 18. The molecule has 0 aromatic rings. The van der Waals surface area contributed by atoms with Crippen LogP contribution < -0.4 is 0 Å². The van der Waals surface area contributed by atoms with Crippen LogP contribution in [0.1, 0.15) is 239 Å². The second-order valence-electron chi connectivity index (χ2n) is 18.1. The van der Waals surface area contributed by atoms with Crippen molar-refractivity contribution in [2.75, 3.05) is 13.2 Å². The molecule has 0 N–H and O–H groups in total. The monoisotopic (exact) mass is 955 g/mol. The molecule has 0 radical (unpaired) electrons. The van der Waals surface area contributed by atoms with Crippen molar-refractivity contribution in [3.8, 4) is 0 Å².